The molecule has 120 valence electrons. The SMILES string of the molecule is CN=C(NCC1CC1)NCC1CCCOC1c1ccccc1. The summed E-state index contributed by atoms with van der Waals surface area (Å²) in [6.45, 7) is 2.82. The predicted molar refractivity (Wildman–Crippen MR) is 89.9 cm³/mol. The van der Waals surface area contributed by atoms with Crippen LogP contribution in [0, 0.1) is 11.8 Å². The molecule has 4 heteroatoms. The lowest BCUT2D eigenvalue weighted by Crippen LogP contribution is -2.42. The van der Waals surface area contributed by atoms with Crippen LogP contribution in [0.1, 0.15) is 37.4 Å². The van der Waals surface area contributed by atoms with Crippen molar-refractivity contribution in [1.29, 1.82) is 0 Å². The van der Waals surface area contributed by atoms with Crippen LogP contribution in [0.5, 0.6) is 0 Å². The summed E-state index contributed by atoms with van der Waals surface area (Å²) >= 11 is 0. The molecule has 2 unspecified atom stereocenters. The molecule has 1 saturated heterocycles. The van der Waals surface area contributed by atoms with Crippen molar-refractivity contribution < 1.29 is 4.74 Å². The fourth-order valence-corrected chi connectivity index (χ4v) is 3.07. The third kappa shape index (κ3) is 4.23. The molecule has 0 amide bonds. The number of guanidine groups is 1. The highest BCUT2D eigenvalue weighted by molar-refractivity contribution is 5.79. The summed E-state index contributed by atoms with van der Waals surface area (Å²) in [7, 11) is 1.84. The monoisotopic (exact) mass is 301 g/mol. The molecular weight excluding hydrogens is 274 g/mol. The van der Waals surface area contributed by atoms with Gasteiger partial charge in [-0.2, -0.15) is 0 Å². The molecule has 2 fully saturated rings. The minimum atomic E-state index is 0.198. The van der Waals surface area contributed by atoms with Gasteiger partial charge in [-0.25, -0.2) is 0 Å². The molecule has 2 aliphatic rings. The third-order valence-electron chi connectivity index (χ3n) is 4.58. The quantitative estimate of drug-likeness (QED) is 0.649. The molecule has 1 aliphatic carbocycles. The van der Waals surface area contributed by atoms with E-state index in [0.29, 0.717) is 5.92 Å². The van der Waals surface area contributed by atoms with E-state index in [0.717, 1.165) is 38.0 Å². The van der Waals surface area contributed by atoms with Gasteiger partial charge in [0.25, 0.3) is 0 Å². The lowest BCUT2D eigenvalue weighted by atomic mass is 9.89. The highest BCUT2D eigenvalue weighted by Gasteiger charge is 2.27. The number of aliphatic imine (C=N–C) groups is 1. The minimum Gasteiger partial charge on any atom is -0.373 e. The van der Waals surface area contributed by atoms with Gasteiger partial charge >= 0.3 is 0 Å². The van der Waals surface area contributed by atoms with Gasteiger partial charge in [-0.3, -0.25) is 4.99 Å². The molecule has 2 N–H and O–H groups in total. The van der Waals surface area contributed by atoms with E-state index in [4.69, 9.17) is 4.74 Å². The van der Waals surface area contributed by atoms with Crippen molar-refractivity contribution in [2.24, 2.45) is 16.8 Å². The number of nitrogens with one attached hydrogen (secondary N) is 2. The van der Waals surface area contributed by atoms with Crippen molar-refractivity contribution >= 4 is 5.96 Å². The molecule has 0 spiro atoms. The van der Waals surface area contributed by atoms with E-state index >= 15 is 0 Å². The van der Waals surface area contributed by atoms with Crippen LogP contribution in [0.4, 0.5) is 0 Å². The van der Waals surface area contributed by atoms with Gasteiger partial charge in [-0.05, 0) is 37.2 Å². The Kier molecular flexibility index (Phi) is 5.33. The van der Waals surface area contributed by atoms with Crippen LogP contribution in [0.3, 0.4) is 0 Å². The molecule has 0 aromatic heterocycles. The zero-order chi connectivity index (χ0) is 15.2. The first kappa shape index (κ1) is 15.3. The van der Waals surface area contributed by atoms with E-state index in [9.17, 15) is 0 Å². The van der Waals surface area contributed by atoms with Crippen molar-refractivity contribution in [2.75, 3.05) is 26.7 Å². The molecule has 3 rings (SSSR count). The third-order valence-corrected chi connectivity index (χ3v) is 4.58. The van der Waals surface area contributed by atoms with Gasteiger partial charge in [0.1, 0.15) is 0 Å². The Balaban J connectivity index is 1.54. The first-order valence-electron chi connectivity index (χ1n) is 8.48. The van der Waals surface area contributed by atoms with E-state index < -0.39 is 0 Å². The Morgan fingerprint density at radius 1 is 1.14 bits per heavy atom. The first-order valence-corrected chi connectivity index (χ1v) is 8.48. The molecular formula is C18H27N3O. The lowest BCUT2D eigenvalue weighted by molar-refractivity contribution is -0.0265. The number of rotatable bonds is 5. The largest absolute Gasteiger partial charge is 0.373 e. The molecule has 1 saturated carbocycles. The summed E-state index contributed by atoms with van der Waals surface area (Å²) in [5.74, 6) is 2.27. The molecule has 1 aromatic carbocycles. The summed E-state index contributed by atoms with van der Waals surface area (Å²) in [4.78, 5) is 4.32. The normalized spacial score (nSPS) is 25.8. The Bertz CT molecular complexity index is 484. The number of nitrogens with zero attached hydrogens (tertiary/aromatic N) is 1. The standard InChI is InChI=1S/C18H27N3O/c1-19-18(20-12-14-9-10-14)21-13-16-8-5-11-22-17(16)15-6-3-2-4-7-15/h2-4,6-7,14,16-17H,5,8-13H2,1H3,(H2,19,20,21). The van der Waals surface area contributed by atoms with Crippen molar-refractivity contribution in [3.63, 3.8) is 0 Å². The molecule has 4 nitrogen and oxygen atoms in total. The molecule has 0 bridgehead atoms. The van der Waals surface area contributed by atoms with Crippen LogP contribution in [0.25, 0.3) is 0 Å². The second kappa shape index (κ2) is 7.63. The van der Waals surface area contributed by atoms with E-state index in [1.165, 1.54) is 24.8 Å². The fraction of sp³-hybridized carbons (Fsp3) is 0.611. The van der Waals surface area contributed by atoms with Crippen LogP contribution in [0.2, 0.25) is 0 Å². The lowest BCUT2D eigenvalue weighted by Gasteiger charge is -2.32. The van der Waals surface area contributed by atoms with Gasteiger partial charge < -0.3 is 15.4 Å². The topological polar surface area (TPSA) is 45.7 Å². The number of benzene rings is 1. The maximum absolute atomic E-state index is 6.05. The maximum Gasteiger partial charge on any atom is 0.190 e. The molecule has 22 heavy (non-hydrogen) atoms. The summed E-state index contributed by atoms with van der Waals surface area (Å²) in [6.07, 6.45) is 5.26. The van der Waals surface area contributed by atoms with Crippen LogP contribution in [-0.2, 0) is 4.74 Å². The second-order valence-electron chi connectivity index (χ2n) is 6.38. The minimum absolute atomic E-state index is 0.198. The van der Waals surface area contributed by atoms with Crippen molar-refractivity contribution in [3.05, 3.63) is 35.9 Å². The van der Waals surface area contributed by atoms with Gasteiger partial charge in [0, 0.05) is 32.7 Å². The zero-order valence-electron chi connectivity index (χ0n) is 13.4. The van der Waals surface area contributed by atoms with Crippen LogP contribution >= 0.6 is 0 Å². The average molecular weight is 301 g/mol. The van der Waals surface area contributed by atoms with Gasteiger partial charge in [0.15, 0.2) is 5.96 Å². The Hall–Kier alpha value is -1.55. The summed E-state index contributed by atoms with van der Waals surface area (Å²) in [6, 6.07) is 10.6. The second-order valence-corrected chi connectivity index (χ2v) is 6.38. The van der Waals surface area contributed by atoms with Crippen molar-refractivity contribution in [3.8, 4) is 0 Å². The predicted octanol–water partition coefficient (Wildman–Crippen LogP) is 2.73. The molecule has 2 atom stereocenters. The summed E-state index contributed by atoms with van der Waals surface area (Å²) < 4.78 is 6.05. The number of ether oxygens (including phenoxy) is 1. The highest BCUT2D eigenvalue weighted by atomic mass is 16.5. The van der Waals surface area contributed by atoms with Gasteiger partial charge in [0.05, 0.1) is 6.10 Å². The summed E-state index contributed by atoms with van der Waals surface area (Å²) in [5, 5.41) is 6.90. The summed E-state index contributed by atoms with van der Waals surface area (Å²) in [5.41, 5.74) is 1.29. The van der Waals surface area contributed by atoms with Crippen LogP contribution < -0.4 is 10.6 Å². The first-order chi connectivity index (χ1) is 10.9. The molecule has 1 heterocycles. The van der Waals surface area contributed by atoms with Crippen molar-refractivity contribution in [1.82, 2.24) is 10.6 Å². The van der Waals surface area contributed by atoms with Gasteiger partial charge in [-0.15, -0.1) is 0 Å². The Morgan fingerprint density at radius 2 is 1.91 bits per heavy atom. The van der Waals surface area contributed by atoms with Gasteiger partial charge in [-0.1, -0.05) is 30.3 Å². The van der Waals surface area contributed by atoms with Crippen molar-refractivity contribution in [2.45, 2.75) is 31.8 Å². The Labute approximate surface area is 133 Å². The van der Waals surface area contributed by atoms with Gasteiger partial charge in [0.2, 0.25) is 0 Å². The van der Waals surface area contributed by atoms with E-state index in [-0.39, 0.29) is 6.10 Å². The molecule has 0 radical (unpaired) electrons. The van der Waals surface area contributed by atoms with Crippen LogP contribution in [0.15, 0.2) is 35.3 Å². The zero-order valence-corrected chi connectivity index (χ0v) is 13.4. The maximum atomic E-state index is 6.05. The van der Waals surface area contributed by atoms with E-state index in [1.807, 2.05) is 7.05 Å². The smallest absolute Gasteiger partial charge is 0.190 e. The Morgan fingerprint density at radius 3 is 2.64 bits per heavy atom. The number of hydrogen-bond acceptors (Lipinski definition) is 2. The molecule has 1 aromatic rings. The highest BCUT2D eigenvalue weighted by Crippen LogP contribution is 2.33. The van der Waals surface area contributed by atoms with Crippen LogP contribution in [-0.4, -0.2) is 32.7 Å². The van der Waals surface area contributed by atoms with E-state index in [2.05, 4.69) is 46.0 Å². The average Bonchev–Trinajstić information content (AvgIpc) is 3.40. The molecule has 1 aliphatic heterocycles. The van der Waals surface area contributed by atoms with E-state index in [1.54, 1.807) is 0 Å². The number of hydrogen-bond donors (Lipinski definition) is 2. The fourth-order valence-electron chi connectivity index (χ4n) is 3.07.